The molecule has 0 unspecified atom stereocenters. The minimum Gasteiger partial charge on any atom is -0.371 e. The van der Waals surface area contributed by atoms with Gasteiger partial charge in [-0.2, -0.15) is 4.98 Å². The van der Waals surface area contributed by atoms with E-state index in [1.54, 1.807) is 17.9 Å². The largest absolute Gasteiger partial charge is 0.371 e. The summed E-state index contributed by atoms with van der Waals surface area (Å²) in [4.78, 5) is 32.4. The molecule has 3 atom stereocenters. The lowest BCUT2D eigenvalue weighted by molar-refractivity contribution is 0.363. The highest BCUT2D eigenvalue weighted by molar-refractivity contribution is 5.85. The van der Waals surface area contributed by atoms with Crippen LogP contribution in [0.1, 0.15) is 17.6 Å². The Balaban J connectivity index is 1.06. The molecule has 1 saturated heterocycles. The van der Waals surface area contributed by atoms with E-state index in [1.807, 2.05) is 18.5 Å². The second kappa shape index (κ2) is 6.71. The van der Waals surface area contributed by atoms with E-state index in [4.69, 9.17) is 4.52 Å². The van der Waals surface area contributed by atoms with Crippen molar-refractivity contribution in [2.75, 3.05) is 18.0 Å². The Morgan fingerprint density at radius 1 is 1.09 bits per heavy atom. The molecule has 1 aliphatic heterocycles. The lowest BCUT2D eigenvalue weighted by Gasteiger charge is -2.21. The molecule has 2 aliphatic rings. The fraction of sp³-hybridized carbons (Fsp3) is 0.304. The van der Waals surface area contributed by atoms with Gasteiger partial charge in [-0.1, -0.05) is 11.2 Å². The molecule has 1 saturated carbocycles. The molecule has 4 aromatic heterocycles. The average Bonchev–Trinajstić information content (AvgIpc) is 3.24. The number of benzene rings is 1. The van der Waals surface area contributed by atoms with Gasteiger partial charge < -0.3 is 14.0 Å². The first kappa shape index (κ1) is 18.5. The molecule has 0 spiro atoms. The highest BCUT2D eigenvalue weighted by Crippen LogP contribution is 2.58. The second-order valence-corrected chi connectivity index (χ2v) is 8.92. The lowest BCUT2D eigenvalue weighted by atomic mass is 10.1. The van der Waals surface area contributed by atoms with Crippen LogP contribution in [0.15, 0.2) is 58.6 Å². The molecule has 164 valence electrons. The molecular formula is C23H20N8O2. The molecule has 10 heteroatoms. The van der Waals surface area contributed by atoms with Crippen molar-refractivity contribution < 1.29 is 4.52 Å². The minimum absolute atomic E-state index is 0.177. The van der Waals surface area contributed by atoms with E-state index in [0.717, 1.165) is 24.3 Å². The van der Waals surface area contributed by atoms with Gasteiger partial charge in [0.2, 0.25) is 5.89 Å². The molecule has 1 aliphatic carbocycles. The fourth-order valence-corrected chi connectivity index (χ4v) is 5.19. The average molecular weight is 440 g/mol. The number of aryl methyl sites for hydroxylation is 1. The Bertz CT molecular complexity index is 1570. The van der Waals surface area contributed by atoms with Gasteiger partial charge in [0.15, 0.2) is 17.0 Å². The summed E-state index contributed by atoms with van der Waals surface area (Å²) >= 11 is 0. The molecule has 7 rings (SSSR count). The molecule has 5 heterocycles. The molecular weight excluding hydrogens is 420 g/mol. The van der Waals surface area contributed by atoms with Gasteiger partial charge in [0, 0.05) is 49.5 Å². The number of hydrogen-bond acceptors (Lipinski definition) is 8. The van der Waals surface area contributed by atoms with Crippen molar-refractivity contribution in [1.29, 1.82) is 0 Å². The van der Waals surface area contributed by atoms with Crippen LogP contribution in [0, 0.1) is 11.8 Å². The van der Waals surface area contributed by atoms with Crippen LogP contribution >= 0.6 is 0 Å². The summed E-state index contributed by atoms with van der Waals surface area (Å²) in [6, 6.07) is 8.57. The number of imidazole rings is 1. The highest BCUT2D eigenvalue weighted by Gasteiger charge is 2.58. The van der Waals surface area contributed by atoms with Crippen molar-refractivity contribution in [2.24, 2.45) is 18.9 Å². The molecule has 0 amide bonds. The van der Waals surface area contributed by atoms with Gasteiger partial charge in [-0.15, -0.1) is 0 Å². The first-order valence-electron chi connectivity index (χ1n) is 10.9. The fourth-order valence-electron chi connectivity index (χ4n) is 5.19. The molecule has 1 aromatic carbocycles. The highest BCUT2D eigenvalue weighted by atomic mass is 16.5. The number of aromatic nitrogens is 7. The molecule has 5 aromatic rings. The van der Waals surface area contributed by atoms with Crippen molar-refractivity contribution >= 4 is 27.6 Å². The standard InChI is InChI=1S/C23H20N8O2/c1-29-11-25-22-20(29)23(32)31(12-26-22)10-18-27-21(28-33-18)19-16-8-30(9-17(16)19)15-3-2-13-4-5-24-7-14(13)6-15/h2-7,11-12,16-17,19H,8-10H2,1H3/t16-,17+,19+. The molecule has 2 fully saturated rings. The van der Waals surface area contributed by atoms with Crippen molar-refractivity contribution in [3.8, 4) is 0 Å². The normalized spacial score (nSPS) is 21.7. The molecule has 0 N–H and O–H groups in total. The quantitative estimate of drug-likeness (QED) is 0.417. The summed E-state index contributed by atoms with van der Waals surface area (Å²) in [6.07, 6.45) is 6.79. The van der Waals surface area contributed by atoms with E-state index in [2.05, 4.69) is 48.2 Å². The maximum Gasteiger partial charge on any atom is 0.280 e. The van der Waals surface area contributed by atoms with Gasteiger partial charge in [-0.3, -0.25) is 14.3 Å². The zero-order valence-electron chi connectivity index (χ0n) is 17.9. The minimum atomic E-state index is -0.177. The maximum absolute atomic E-state index is 12.7. The van der Waals surface area contributed by atoms with Gasteiger partial charge >= 0.3 is 0 Å². The summed E-state index contributed by atoms with van der Waals surface area (Å²) in [5.74, 6) is 2.52. The van der Waals surface area contributed by atoms with Gasteiger partial charge in [0.25, 0.3) is 5.56 Å². The van der Waals surface area contributed by atoms with Gasteiger partial charge in [0.1, 0.15) is 12.9 Å². The van der Waals surface area contributed by atoms with Crippen molar-refractivity contribution in [3.63, 3.8) is 0 Å². The summed E-state index contributed by atoms with van der Waals surface area (Å²) in [6.45, 7) is 2.15. The van der Waals surface area contributed by atoms with Crippen LogP contribution in [0.5, 0.6) is 0 Å². The predicted octanol–water partition coefficient (Wildman–Crippen LogP) is 1.96. The Morgan fingerprint density at radius 3 is 2.82 bits per heavy atom. The Labute approximate surface area is 187 Å². The number of anilines is 1. The van der Waals surface area contributed by atoms with Crippen molar-refractivity contribution in [1.82, 2.24) is 34.2 Å². The van der Waals surface area contributed by atoms with Crippen LogP contribution in [-0.4, -0.2) is 47.3 Å². The number of hydrogen-bond donors (Lipinski definition) is 0. The number of nitrogens with zero attached hydrogens (tertiary/aromatic N) is 8. The topological polar surface area (TPSA) is 108 Å². The summed E-state index contributed by atoms with van der Waals surface area (Å²) in [7, 11) is 1.78. The van der Waals surface area contributed by atoms with E-state index in [-0.39, 0.29) is 12.1 Å². The van der Waals surface area contributed by atoms with Crippen LogP contribution < -0.4 is 10.5 Å². The Morgan fingerprint density at radius 2 is 1.94 bits per heavy atom. The Kier molecular flexibility index (Phi) is 3.76. The van der Waals surface area contributed by atoms with Gasteiger partial charge in [-0.05, 0) is 35.4 Å². The van der Waals surface area contributed by atoms with Crippen molar-refractivity contribution in [2.45, 2.75) is 12.5 Å². The third kappa shape index (κ3) is 2.86. The molecule has 10 nitrogen and oxygen atoms in total. The maximum atomic E-state index is 12.7. The summed E-state index contributed by atoms with van der Waals surface area (Å²) in [5.41, 5.74) is 1.94. The predicted molar refractivity (Wildman–Crippen MR) is 120 cm³/mol. The van der Waals surface area contributed by atoms with Gasteiger partial charge in [-0.25, -0.2) is 9.97 Å². The number of fused-ring (bicyclic) bond motifs is 3. The van der Waals surface area contributed by atoms with E-state index < -0.39 is 0 Å². The van der Waals surface area contributed by atoms with E-state index in [9.17, 15) is 4.79 Å². The third-order valence-corrected chi connectivity index (χ3v) is 6.97. The SMILES string of the molecule is Cn1cnc2ncn(Cc3nc([C@H]4[C@@H]5CN(c6ccc7ccncc7c6)C[C@@H]54)no3)c(=O)c21. The summed E-state index contributed by atoms with van der Waals surface area (Å²) in [5, 5.41) is 6.59. The molecule has 33 heavy (non-hydrogen) atoms. The van der Waals surface area contributed by atoms with E-state index in [1.165, 1.54) is 22.0 Å². The zero-order chi connectivity index (χ0) is 22.1. The van der Waals surface area contributed by atoms with Crippen LogP contribution in [-0.2, 0) is 13.6 Å². The van der Waals surface area contributed by atoms with E-state index in [0.29, 0.717) is 34.8 Å². The first-order valence-corrected chi connectivity index (χ1v) is 10.9. The van der Waals surface area contributed by atoms with Gasteiger partial charge in [0.05, 0.1) is 6.33 Å². The van der Waals surface area contributed by atoms with Crippen LogP contribution in [0.4, 0.5) is 5.69 Å². The third-order valence-electron chi connectivity index (χ3n) is 6.97. The van der Waals surface area contributed by atoms with Crippen LogP contribution in [0.3, 0.4) is 0 Å². The number of rotatable bonds is 4. The molecule has 0 bridgehead atoms. The van der Waals surface area contributed by atoms with Crippen molar-refractivity contribution in [3.05, 3.63) is 71.4 Å². The lowest BCUT2D eigenvalue weighted by Crippen LogP contribution is -2.23. The monoisotopic (exact) mass is 440 g/mol. The number of pyridine rings is 1. The smallest absolute Gasteiger partial charge is 0.280 e. The second-order valence-electron chi connectivity index (χ2n) is 8.92. The van der Waals surface area contributed by atoms with E-state index >= 15 is 0 Å². The summed E-state index contributed by atoms with van der Waals surface area (Å²) < 4.78 is 8.63. The molecule has 0 radical (unpaired) electrons. The van der Waals surface area contributed by atoms with Crippen LogP contribution in [0.2, 0.25) is 0 Å². The number of piperidine rings is 1. The zero-order valence-corrected chi connectivity index (χ0v) is 17.9. The van der Waals surface area contributed by atoms with Crippen LogP contribution in [0.25, 0.3) is 21.9 Å². The Hall–Kier alpha value is -4.08. The first-order chi connectivity index (χ1) is 16.2.